The van der Waals surface area contributed by atoms with Crippen molar-refractivity contribution < 1.29 is 28.8 Å². The maximum atomic E-state index is 11.5. The van der Waals surface area contributed by atoms with Crippen LogP contribution in [0.25, 0.3) is 0 Å². The van der Waals surface area contributed by atoms with Crippen molar-refractivity contribution in [3.63, 3.8) is 0 Å². The van der Waals surface area contributed by atoms with Gasteiger partial charge in [-0.25, -0.2) is 0 Å². The molecule has 0 radical (unpaired) electrons. The van der Waals surface area contributed by atoms with Crippen molar-refractivity contribution in [2.24, 2.45) is 0 Å². The van der Waals surface area contributed by atoms with Gasteiger partial charge in [0, 0.05) is 14.0 Å². The van der Waals surface area contributed by atoms with Crippen LogP contribution in [0.5, 0.6) is 0 Å². The van der Waals surface area contributed by atoms with Crippen LogP contribution in [0.4, 0.5) is 0 Å². The molecule has 0 bridgehead atoms. The number of amides is 1. The summed E-state index contributed by atoms with van der Waals surface area (Å²) >= 11 is 0. The van der Waals surface area contributed by atoms with Crippen LogP contribution in [0.3, 0.4) is 0 Å². The number of rotatable bonds is 9. The van der Waals surface area contributed by atoms with Gasteiger partial charge in [-0.1, -0.05) is 36.4 Å². The van der Waals surface area contributed by atoms with E-state index in [0.29, 0.717) is 6.61 Å². The minimum absolute atomic E-state index is 0.163. The molecule has 144 valence electrons. The van der Waals surface area contributed by atoms with E-state index in [1.165, 1.54) is 14.0 Å². The monoisotopic (exact) mass is 365 g/mol. The van der Waals surface area contributed by atoms with Gasteiger partial charge in [-0.05, 0) is 5.56 Å². The number of hydrogen-bond acceptors (Lipinski definition) is 6. The fourth-order valence-electron chi connectivity index (χ4n) is 2.89. The van der Waals surface area contributed by atoms with Gasteiger partial charge in [0.1, 0.15) is 24.4 Å². The third-order valence-corrected chi connectivity index (χ3v) is 4.08. The summed E-state index contributed by atoms with van der Waals surface area (Å²) in [6.07, 6.45) is -1.53. The molecule has 1 amide bonds. The Morgan fingerprint density at radius 1 is 1.38 bits per heavy atom. The molecule has 1 saturated heterocycles. The molecule has 7 heteroatoms. The first-order valence-electron chi connectivity index (χ1n) is 8.54. The quantitative estimate of drug-likeness (QED) is 0.635. The van der Waals surface area contributed by atoms with Crippen LogP contribution in [0.15, 0.2) is 43.0 Å². The molecular formula is C19H27NO6. The molecule has 5 atom stereocenters. The second-order valence-electron chi connectivity index (χ2n) is 6.08. The van der Waals surface area contributed by atoms with E-state index in [2.05, 4.69) is 11.9 Å². The van der Waals surface area contributed by atoms with Gasteiger partial charge in [-0.3, -0.25) is 4.79 Å². The largest absolute Gasteiger partial charge is 0.388 e. The number of aliphatic hydroxyl groups is 1. The van der Waals surface area contributed by atoms with Crippen LogP contribution >= 0.6 is 0 Å². The van der Waals surface area contributed by atoms with Gasteiger partial charge in [0.15, 0.2) is 6.29 Å². The smallest absolute Gasteiger partial charge is 0.217 e. The summed E-state index contributed by atoms with van der Waals surface area (Å²) in [4.78, 5) is 11.5. The van der Waals surface area contributed by atoms with Crippen LogP contribution < -0.4 is 5.32 Å². The number of ether oxygens (including phenoxy) is 4. The van der Waals surface area contributed by atoms with Crippen molar-refractivity contribution in [3.8, 4) is 0 Å². The van der Waals surface area contributed by atoms with E-state index < -0.39 is 30.6 Å². The Bertz CT molecular complexity index is 566. The van der Waals surface area contributed by atoms with Gasteiger partial charge in [-0.15, -0.1) is 6.58 Å². The first kappa shape index (κ1) is 20.5. The molecule has 1 aliphatic rings. The zero-order chi connectivity index (χ0) is 18.9. The summed E-state index contributed by atoms with van der Waals surface area (Å²) in [5.41, 5.74) is 1.02. The molecule has 1 aromatic carbocycles. The van der Waals surface area contributed by atoms with Crippen LogP contribution in [0.2, 0.25) is 0 Å². The lowest BCUT2D eigenvalue weighted by molar-refractivity contribution is -0.271. The van der Waals surface area contributed by atoms with E-state index in [-0.39, 0.29) is 19.1 Å². The second-order valence-corrected chi connectivity index (χ2v) is 6.08. The predicted molar refractivity (Wildman–Crippen MR) is 95.3 cm³/mol. The Morgan fingerprint density at radius 3 is 2.73 bits per heavy atom. The van der Waals surface area contributed by atoms with E-state index in [9.17, 15) is 9.90 Å². The SMILES string of the molecule is C=CCO[C@H]1[C@@H](O)[C@H](COCc2ccccc2)O[C@H](OC)[C@@H]1NC(C)=O. The lowest BCUT2D eigenvalue weighted by Crippen LogP contribution is -2.65. The topological polar surface area (TPSA) is 86.2 Å². The van der Waals surface area contributed by atoms with Crippen molar-refractivity contribution in [3.05, 3.63) is 48.6 Å². The fraction of sp³-hybridized carbons (Fsp3) is 0.526. The highest BCUT2D eigenvalue weighted by Gasteiger charge is 2.46. The summed E-state index contributed by atoms with van der Waals surface area (Å²) in [5.74, 6) is -0.265. The van der Waals surface area contributed by atoms with E-state index in [1.54, 1.807) is 6.08 Å². The maximum absolute atomic E-state index is 11.5. The van der Waals surface area contributed by atoms with Gasteiger partial charge < -0.3 is 29.4 Å². The summed E-state index contributed by atoms with van der Waals surface area (Å²) in [6, 6.07) is 9.08. The van der Waals surface area contributed by atoms with Gasteiger partial charge in [-0.2, -0.15) is 0 Å². The van der Waals surface area contributed by atoms with Crippen molar-refractivity contribution in [1.82, 2.24) is 5.32 Å². The summed E-state index contributed by atoms with van der Waals surface area (Å²) in [5, 5.41) is 13.4. The number of carbonyl (C=O) groups is 1. The first-order valence-corrected chi connectivity index (χ1v) is 8.54. The van der Waals surface area contributed by atoms with Crippen LogP contribution in [0.1, 0.15) is 12.5 Å². The molecule has 26 heavy (non-hydrogen) atoms. The number of methoxy groups -OCH3 is 1. The zero-order valence-corrected chi connectivity index (χ0v) is 15.2. The molecule has 1 fully saturated rings. The molecule has 0 spiro atoms. The molecule has 0 aromatic heterocycles. The number of nitrogens with one attached hydrogen (secondary N) is 1. The zero-order valence-electron chi connectivity index (χ0n) is 15.2. The molecule has 0 aliphatic carbocycles. The standard InChI is InChI=1S/C19H27NO6/c1-4-10-25-18-16(20-13(2)21)19(23-3)26-15(17(18)22)12-24-11-14-8-6-5-7-9-14/h4-9,15-19,22H,1,10-12H2,2-3H3,(H,20,21)/t15-,16+,17-,18+,19-/m0/s1. The number of aliphatic hydroxyl groups excluding tert-OH is 1. The normalized spacial score (nSPS) is 28.5. The van der Waals surface area contributed by atoms with E-state index >= 15 is 0 Å². The minimum Gasteiger partial charge on any atom is -0.388 e. The Labute approximate surface area is 153 Å². The van der Waals surface area contributed by atoms with Gasteiger partial charge in [0.2, 0.25) is 5.91 Å². The molecule has 1 aliphatic heterocycles. The molecule has 2 N–H and O–H groups in total. The van der Waals surface area contributed by atoms with E-state index in [4.69, 9.17) is 18.9 Å². The first-order chi connectivity index (χ1) is 12.6. The van der Waals surface area contributed by atoms with Crippen molar-refractivity contribution >= 4 is 5.91 Å². The summed E-state index contributed by atoms with van der Waals surface area (Å²) < 4.78 is 22.5. The number of carbonyl (C=O) groups excluding carboxylic acids is 1. The highest BCUT2D eigenvalue weighted by Crippen LogP contribution is 2.25. The third kappa shape index (κ3) is 5.62. The predicted octanol–water partition coefficient (Wildman–Crippen LogP) is 1.01. The number of hydrogen-bond donors (Lipinski definition) is 2. The van der Waals surface area contributed by atoms with Crippen LogP contribution in [0, 0.1) is 0 Å². The van der Waals surface area contributed by atoms with Crippen molar-refractivity contribution in [2.45, 2.75) is 44.2 Å². The Hall–Kier alpha value is -1.77. The summed E-state index contributed by atoms with van der Waals surface area (Å²) in [7, 11) is 1.48. The number of benzene rings is 1. The lowest BCUT2D eigenvalue weighted by Gasteiger charge is -2.44. The molecule has 0 saturated carbocycles. The maximum Gasteiger partial charge on any atom is 0.217 e. The third-order valence-electron chi connectivity index (χ3n) is 4.08. The van der Waals surface area contributed by atoms with E-state index in [1.807, 2.05) is 30.3 Å². The van der Waals surface area contributed by atoms with E-state index in [0.717, 1.165) is 5.56 Å². The lowest BCUT2D eigenvalue weighted by atomic mass is 9.96. The van der Waals surface area contributed by atoms with Gasteiger partial charge in [0.05, 0.1) is 19.8 Å². The van der Waals surface area contributed by atoms with Crippen LogP contribution in [-0.4, -0.2) is 62.0 Å². The van der Waals surface area contributed by atoms with Crippen molar-refractivity contribution in [1.29, 1.82) is 0 Å². The molecule has 0 unspecified atom stereocenters. The average molecular weight is 365 g/mol. The van der Waals surface area contributed by atoms with Gasteiger partial charge in [0.25, 0.3) is 0 Å². The molecule has 7 nitrogen and oxygen atoms in total. The van der Waals surface area contributed by atoms with Crippen molar-refractivity contribution in [2.75, 3.05) is 20.3 Å². The van der Waals surface area contributed by atoms with Crippen LogP contribution in [-0.2, 0) is 30.3 Å². The Balaban J connectivity index is 2.02. The molecule has 2 rings (SSSR count). The fourth-order valence-corrected chi connectivity index (χ4v) is 2.89. The minimum atomic E-state index is -0.992. The highest BCUT2D eigenvalue weighted by molar-refractivity contribution is 5.73. The molecular weight excluding hydrogens is 338 g/mol. The second kappa shape index (κ2) is 10.4. The summed E-state index contributed by atoms with van der Waals surface area (Å²) in [6.45, 7) is 5.80. The highest BCUT2D eigenvalue weighted by atomic mass is 16.7. The molecule has 1 aromatic rings. The average Bonchev–Trinajstić information content (AvgIpc) is 2.63. The van der Waals surface area contributed by atoms with Gasteiger partial charge >= 0.3 is 0 Å². The Kier molecular flexibility index (Phi) is 8.21. The molecule has 1 heterocycles. The Morgan fingerprint density at radius 2 is 2.12 bits per heavy atom.